The molecule has 2 heterocycles. The molecule has 26 heavy (non-hydrogen) atoms. The summed E-state index contributed by atoms with van der Waals surface area (Å²) in [6.45, 7) is 0.297. The maximum absolute atomic E-state index is 13.2. The van der Waals surface area contributed by atoms with Crippen molar-refractivity contribution in [2.45, 2.75) is 6.54 Å². The van der Waals surface area contributed by atoms with Crippen LogP contribution in [0.3, 0.4) is 0 Å². The molecule has 0 unspecified atom stereocenters. The van der Waals surface area contributed by atoms with Gasteiger partial charge in [0.1, 0.15) is 5.82 Å². The number of hydrogen-bond acceptors (Lipinski definition) is 6. The van der Waals surface area contributed by atoms with E-state index in [1.807, 2.05) is 0 Å². The van der Waals surface area contributed by atoms with Gasteiger partial charge in [0.15, 0.2) is 5.82 Å². The molecule has 3 rings (SSSR count). The molecular weight excluding hydrogens is 347 g/mol. The minimum absolute atomic E-state index is 0.175. The Morgan fingerprint density at radius 3 is 2.96 bits per heavy atom. The van der Waals surface area contributed by atoms with E-state index in [2.05, 4.69) is 20.6 Å². The quantitative estimate of drug-likeness (QED) is 0.511. The van der Waals surface area contributed by atoms with Gasteiger partial charge in [-0.05, 0) is 17.7 Å². The summed E-state index contributed by atoms with van der Waals surface area (Å²) < 4.78 is 19.5. The molecular formula is C15H13FN6O4. The zero-order valence-corrected chi connectivity index (χ0v) is 13.5. The van der Waals surface area contributed by atoms with Crippen LogP contribution in [0.25, 0.3) is 0 Å². The van der Waals surface area contributed by atoms with E-state index in [4.69, 9.17) is 4.74 Å². The second-order valence-electron chi connectivity index (χ2n) is 5.20. The number of halogens is 1. The molecule has 0 bridgehead atoms. The smallest absolute Gasteiger partial charge is 0.362 e. The number of nitrogens with one attached hydrogen (secondary N) is 2. The van der Waals surface area contributed by atoms with Crippen LogP contribution in [-0.2, 0) is 6.54 Å². The van der Waals surface area contributed by atoms with Crippen LogP contribution in [0, 0.1) is 15.9 Å². The van der Waals surface area contributed by atoms with Crippen LogP contribution in [0.15, 0.2) is 36.5 Å². The van der Waals surface area contributed by atoms with Gasteiger partial charge in [-0.15, -0.1) is 5.10 Å². The number of rotatable bonds is 6. The second kappa shape index (κ2) is 7.01. The number of nitrogens with zero attached hydrogens (tertiary/aromatic N) is 4. The van der Waals surface area contributed by atoms with Crippen molar-refractivity contribution in [3.05, 3.63) is 63.7 Å². The molecule has 2 aromatic heterocycles. The van der Waals surface area contributed by atoms with Crippen LogP contribution in [0.1, 0.15) is 16.1 Å². The number of carbonyl (C=O) groups is 1. The summed E-state index contributed by atoms with van der Waals surface area (Å²) in [6.07, 6.45) is 1.59. The Morgan fingerprint density at radius 1 is 1.46 bits per heavy atom. The molecule has 0 aliphatic carbocycles. The van der Waals surface area contributed by atoms with E-state index in [9.17, 15) is 19.3 Å². The summed E-state index contributed by atoms with van der Waals surface area (Å²) >= 11 is 0. The number of aromatic amines is 1. The van der Waals surface area contributed by atoms with Crippen LogP contribution in [0.4, 0.5) is 15.9 Å². The molecule has 2 N–H and O–H groups in total. The van der Waals surface area contributed by atoms with Crippen molar-refractivity contribution in [1.82, 2.24) is 20.0 Å². The van der Waals surface area contributed by atoms with Crippen LogP contribution in [0.5, 0.6) is 5.88 Å². The Hall–Kier alpha value is -3.76. The first kappa shape index (κ1) is 17.1. The molecule has 11 heteroatoms. The van der Waals surface area contributed by atoms with Gasteiger partial charge in [0.2, 0.25) is 5.69 Å². The second-order valence-corrected chi connectivity index (χ2v) is 5.20. The minimum Gasteiger partial charge on any atom is -0.475 e. The Morgan fingerprint density at radius 2 is 2.27 bits per heavy atom. The van der Waals surface area contributed by atoms with Crippen molar-refractivity contribution in [3.63, 3.8) is 0 Å². The number of hydrogen-bond donors (Lipinski definition) is 2. The van der Waals surface area contributed by atoms with E-state index in [0.717, 1.165) is 0 Å². The number of carbonyl (C=O) groups excluding carboxylic acids is 1. The lowest BCUT2D eigenvalue weighted by Crippen LogP contribution is -2.15. The Bertz CT molecular complexity index is 967. The topological polar surface area (TPSA) is 128 Å². The lowest BCUT2D eigenvalue weighted by Gasteiger charge is -2.02. The van der Waals surface area contributed by atoms with E-state index in [1.165, 1.54) is 30.0 Å². The Kier molecular flexibility index (Phi) is 4.60. The van der Waals surface area contributed by atoms with Crippen molar-refractivity contribution in [2.24, 2.45) is 0 Å². The number of methoxy groups -OCH3 is 1. The molecule has 3 aromatic rings. The fourth-order valence-electron chi connectivity index (χ4n) is 2.31. The number of ether oxygens (including phenoxy) is 1. The van der Waals surface area contributed by atoms with Gasteiger partial charge in [-0.25, -0.2) is 4.39 Å². The van der Waals surface area contributed by atoms with Gasteiger partial charge in [-0.1, -0.05) is 12.1 Å². The number of benzene rings is 1. The molecule has 0 radical (unpaired) electrons. The van der Waals surface area contributed by atoms with E-state index in [0.29, 0.717) is 12.1 Å². The largest absolute Gasteiger partial charge is 0.475 e. The summed E-state index contributed by atoms with van der Waals surface area (Å²) in [5, 5.41) is 23.5. The van der Waals surface area contributed by atoms with Crippen LogP contribution >= 0.6 is 0 Å². The zero-order valence-electron chi connectivity index (χ0n) is 13.5. The molecule has 1 aromatic carbocycles. The number of nitro groups is 1. The van der Waals surface area contributed by atoms with Crippen LogP contribution in [-0.4, -0.2) is 37.9 Å². The highest BCUT2D eigenvalue weighted by atomic mass is 19.1. The predicted octanol–water partition coefficient (Wildman–Crippen LogP) is 1.96. The number of anilines is 1. The summed E-state index contributed by atoms with van der Waals surface area (Å²) in [7, 11) is 1.21. The molecule has 134 valence electrons. The molecule has 0 aliphatic rings. The van der Waals surface area contributed by atoms with Gasteiger partial charge in [-0.3, -0.25) is 24.7 Å². The highest BCUT2D eigenvalue weighted by Crippen LogP contribution is 2.28. The summed E-state index contributed by atoms with van der Waals surface area (Å²) in [4.78, 5) is 22.6. The molecule has 0 aliphatic heterocycles. The maximum atomic E-state index is 13.2. The van der Waals surface area contributed by atoms with Crippen molar-refractivity contribution < 1.29 is 18.8 Å². The first-order valence-corrected chi connectivity index (χ1v) is 7.34. The van der Waals surface area contributed by atoms with E-state index < -0.39 is 16.5 Å². The number of amides is 1. The zero-order chi connectivity index (χ0) is 18.7. The molecule has 0 spiro atoms. The molecule has 0 fully saturated rings. The third-order valence-electron chi connectivity index (χ3n) is 3.43. The highest BCUT2D eigenvalue weighted by molar-refractivity contribution is 6.05. The normalized spacial score (nSPS) is 10.5. The third-order valence-corrected chi connectivity index (χ3v) is 3.43. The Labute approximate surface area is 145 Å². The van der Waals surface area contributed by atoms with E-state index in [1.54, 1.807) is 18.3 Å². The van der Waals surface area contributed by atoms with Crippen molar-refractivity contribution in [1.29, 1.82) is 0 Å². The standard InChI is InChI=1S/C15H13FN6O4/c1-26-15-13(22(24)25)12(18-19-15)14(23)17-11-5-6-21(20-11)8-9-3-2-4-10(16)7-9/h2-7H,8H2,1H3,(H,18,19)(H,17,20,23). The van der Waals surface area contributed by atoms with Crippen LogP contribution < -0.4 is 10.1 Å². The van der Waals surface area contributed by atoms with Gasteiger partial charge >= 0.3 is 11.6 Å². The first-order valence-electron chi connectivity index (χ1n) is 7.34. The molecule has 10 nitrogen and oxygen atoms in total. The van der Waals surface area contributed by atoms with Gasteiger partial charge in [-0.2, -0.15) is 5.10 Å². The maximum Gasteiger partial charge on any atom is 0.362 e. The number of aromatic nitrogens is 4. The average Bonchev–Trinajstić information content (AvgIpc) is 3.21. The molecule has 0 atom stereocenters. The lowest BCUT2D eigenvalue weighted by molar-refractivity contribution is -0.386. The Balaban J connectivity index is 1.74. The average molecular weight is 360 g/mol. The molecule has 1 amide bonds. The monoisotopic (exact) mass is 360 g/mol. The minimum atomic E-state index is -0.788. The summed E-state index contributed by atoms with van der Waals surface area (Å²) in [6, 6.07) is 7.55. The van der Waals surface area contributed by atoms with Crippen LogP contribution in [0.2, 0.25) is 0 Å². The van der Waals surface area contributed by atoms with Crippen molar-refractivity contribution >= 4 is 17.4 Å². The van der Waals surface area contributed by atoms with E-state index >= 15 is 0 Å². The lowest BCUT2D eigenvalue weighted by atomic mass is 10.2. The fourth-order valence-corrected chi connectivity index (χ4v) is 2.31. The van der Waals surface area contributed by atoms with Crippen molar-refractivity contribution in [2.75, 3.05) is 12.4 Å². The molecule has 0 saturated heterocycles. The molecule has 0 saturated carbocycles. The van der Waals surface area contributed by atoms with Gasteiger partial charge in [0, 0.05) is 12.3 Å². The predicted molar refractivity (Wildman–Crippen MR) is 87.5 cm³/mol. The van der Waals surface area contributed by atoms with Gasteiger partial charge < -0.3 is 10.1 Å². The SMILES string of the molecule is COc1n[nH]c(C(=O)Nc2ccn(Cc3cccc(F)c3)n2)c1[N+](=O)[O-]. The summed E-state index contributed by atoms with van der Waals surface area (Å²) in [5.74, 6) is -1.27. The third kappa shape index (κ3) is 3.50. The summed E-state index contributed by atoms with van der Waals surface area (Å²) in [5.41, 5.74) is -0.226. The number of H-pyrrole nitrogens is 1. The van der Waals surface area contributed by atoms with Gasteiger partial charge in [0.05, 0.1) is 18.6 Å². The van der Waals surface area contributed by atoms with E-state index in [-0.39, 0.29) is 23.2 Å². The fraction of sp³-hybridized carbons (Fsp3) is 0.133. The highest BCUT2D eigenvalue weighted by Gasteiger charge is 2.30. The first-order chi connectivity index (χ1) is 12.5. The van der Waals surface area contributed by atoms with Gasteiger partial charge in [0.25, 0.3) is 5.91 Å². The van der Waals surface area contributed by atoms with Crippen molar-refractivity contribution in [3.8, 4) is 5.88 Å².